The van der Waals surface area contributed by atoms with Crippen molar-refractivity contribution in [1.82, 2.24) is 0 Å². The van der Waals surface area contributed by atoms with E-state index in [1.165, 1.54) is 27.8 Å². The highest BCUT2D eigenvalue weighted by Crippen LogP contribution is 2.24. The summed E-state index contributed by atoms with van der Waals surface area (Å²) >= 11 is 0. The van der Waals surface area contributed by atoms with Crippen molar-refractivity contribution in [3.8, 4) is 0 Å². The maximum absolute atomic E-state index is 11.8. The summed E-state index contributed by atoms with van der Waals surface area (Å²) in [4.78, 5) is 11.8. The lowest BCUT2D eigenvalue weighted by atomic mass is 9.89. The maximum Gasteiger partial charge on any atom is 0.160 e. The third kappa shape index (κ3) is 2.82. The van der Waals surface area contributed by atoms with Gasteiger partial charge in [0.2, 0.25) is 0 Å². The van der Waals surface area contributed by atoms with E-state index in [-0.39, 0.29) is 5.78 Å². The van der Waals surface area contributed by atoms with Crippen molar-refractivity contribution in [2.45, 2.75) is 41.0 Å². The molecule has 0 aliphatic carbocycles. The molecule has 0 spiro atoms. The molecule has 20 heavy (non-hydrogen) atoms. The molecule has 0 aromatic heterocycles. The molecule has 2 aromatic carbocycles. The normalized spacial score (nSPS) is 10.7. The molecule has 0 saturated heterocycles. The van der Waals surface area contributed by atoms with Crippen LogP contribution in [0.3, 0.4) is 0 Å². The number of carbonyl (C=O) groups is 1. The van der Waals surface area contributed by atoms with Gasteiger partial charge in [-0.15, -0.1) is 0 Å². The largest absolute Gasteiger partial charge is 0.295 e. The van der Waals surface area contributed by atoms with Crippen LogP contribution >= 0.6 is 0 Å². The SMILES string of the molecule is CC(=O)c1cc(Cc2ccc(C)cc2)c(C)c(C)c1C. The Morgan fingerprint density at radius 2 is 1.50 bits per heavy atom. The highest BCUT2D eigenvalue weighted by atomic mass is 16.1. The van der Waals surface area contributed by atoms with Crippen LogP contribution in [0, 0.1) is 27.7 Å². The minimum Gasteiger partial charge on any atom is -0.295 e. The Balaban J connectivity index is 2.46. The van der Waals surface area contributed by atoms with Gasteiger partial charge in [-0.3, -0.25) is 4.79 Å². The number of Topliss-reactive ketones (excluding diaryl/α,β-unsaturated/α-hetero) is 1. The predicted molar refractivity (Wildman–Crippen MR) is 84.6 cm³/mol. The summed E-state index contributed by atoms with van der Waals surface area (Å²) < 4.78 is 0. The molecule has 2 rings (SSSR count). The molecule has 0 fully saturated rings. The fraction of sp³-hybridized carbons (Fsp3) is 0.316. The van der Waals surface area contributed by atoms with E-state index < -0.39 is 0 Å². The molecule has 104 valence electrons. The second-order valence-corrected chi connectivity index (χ2v) is 5.68. The molecule has 0 bridgehead atoms. The molecule has 2 aromatic rings. The van der Waals surface area contributed by atoms with Gasteiger partial charge < -0.3 is 0 Å². The number of benzene rings is 2. The minimum absolute atomic E-state index is 0.149. The number of aryl methyl sites for hydroxylation is 1. The Bertz CT molecular complexity index is 648. The van der Waals surface area contributed by atoms with Crippen molar-refractivity contribution in [1.29, 1.82) is 0 Å². The average molecular weight is 266 g/mol. The lowest BCUT2D eigenvalue weighted by molar-refractivity contribution is 0.101. The van der Waals surface area contributed by atoms with Gasteiger partial charge in [0.15, 0.2) is 5.78 Å². The summed E-state index contributed by atoms with van der Waals surface area (Å²) in [7, 11) is 0. The summed E-state index contributed by atoms with van der Waals surface area (Å²) in [6, 6.07) is 10.7. The van der Waals surface area contributed by atoms with E-state index in [2.05, 4.69) is 51.1 Å². The average Bonchev–Trinajstić information content (AvgIpc) is 2.41. The van der Waals surface area contributed by atoms with Gasteiger partial charge in [0.05, 0.1) is 0 Å². The van der Waals surface area contributed by atoms with Crippen molar-refractivity contribution < 1.29 is 4.79 Å². The van der Waals surface area contributed by atoms with E-state index in [0.29, 0.717) is 0 Å². The summed E-state index contributed by atoms with van der Waals surface area (Å²) in [5.41, 5.74) is 8.32. The zero-order valence-electron chi connectivity index (χ0n) is 13.0. The van der Waals surface area contributed by atoms with Crippen LogP contribution in [0.2, 0.25) is 0 Å². The molecule has 1 heteroatoms. The molecule has 1 nitrogen and oxygen atoms in total. The topological polar surface area (TPSA) is 17.1 Å². The Morgan fingerprint density at radius 1 is 0.900 bits per heavy atom. The van der Waals surface area contributed by atoms with Crippen LogP contribution in [0.25, 0.3) is 0 Å². The first-order valence-electron chi connectivity index (χ1n) is 7.06. The van der Waals surface area contributed by atoms with E-state index in [4.69, 9.17) is 0 Å². The van der Waals surface area contributed by atoms with Crippen LogP contribution in [0.15, 0.2) is 30.3 Å². The van der Waals surface area contributed by atoms with Crippen LogP contribution in [0.4, 0.5) is 0 Å². The van der Waals surface area contributed by atoms with E-state index >= 15 is 0 Å². The Labute approximate surface area is 121 Å². The quantitative estimate of drug-likeness (QED) is 0.735. The van der Waals surface area contributed by atoms with Crippen LogP contribution in [-0.2, 0) is 6.42 Å². The molecule has 0 heterocycles. The molecule has 0 radical (unpaired) electrons. The number of ketones is 1. The molecule has 0 amide bonds. The molecule has 0 saturated carbocycles. The van der Waals surface area contributed by atoms with Crippen LogP contribution < -0.4 is 0 Å². The summed E-state index contributed by atoms with van der Waals surface area (Å²) in [5, 5.41) is 0. The van der Waals surface area contributed by atoms with Crippen molar-refractivity contribution in [2.24, 2.45) is 0 Å². The van der Waals surface area contributed by atoms with Gasteiger partial charge in [0.25, 0.3) is 0 Å². The molecular weight excluding hydrogens is 244 g/mol. The zero-order chi connectivity index (χ0) is 14.9. The third-order valence-corrected chi connectivity index (χ3v) is 4.22. The summed E-state index contributed by atoms with van der Waals surface area (Å²) in [5.74, 6) is 0.149. The smallest absolute Gasteiger partial charge is 0.160 e. The first-order chi connectivity index (χ1) is 9.40. The Kier molecular flexibility index (Phi) is 4.08. The van der Waals surface area contributed by atoms with Gasteiger partial charge in [-0.1, -0.05) is 29.8 Å². The van der Waals surface area contributed by atoms with Gasteiger partial charge in [-0.25, -0.2) is 0 Å². The van der Waals surface area contributed by atoms with Gasteiger partial charge in [0.1, 0.15) is 0 Å². The van der Waals surface area contributed by atoms with E-state index in [0.717, 1.165) is 17.5 Å². The van der Waals surface area contributed by atoms with Crippen molar-refractivity contribution in [3.63, 3.8) is 0 Å². The molecule has 0 N–H and O–H groups in total. The lowest BCUT2D eigenvalue weighted by Gasteiger charge is -2.15. The lowest BCUT2D eigenvalue weighted by Crippen LogP contribution is -2.04. The van der Waals surface area contributed by atoms with Crippen molar-refractivity contribution in [2.75, 3.05) is 0 Å². The third-order valence-electron chi connectivity index (χ3n) is 4.22. The maximum atomic E-state index is 11.8. The fourth-order valence-corrected chi connectivity index (χ4v) is 2.59. The van der Waals surface area contributed by atoms with Crippen LogP contribution in [0.5, 0.6) is 0 Å². The molecule has 0 aliphatic rings. The summed E-state index contributed by atoms with van der Waals surface area (Å²) in [6.07, 6.45) is 0.882. The number of hydrogen-bond donors (Lipinski definition) is 0. The molecule has 0 aliphatic heterocycles. The van der Waals surface area contributed by atoms with Gasteiger partial charge in [0, 0.05) is 5.56 Å². The van der Waals surface area contributed by atoms with E-state index in [1.807, 2.05) is 6.92 Å². The molecular formula is C19H22O. The van der Waals surface area contributed by atoms with Gasteiger partial charge >= 0.3 is 0 Å². The first-order valence-corrected chi connectivity index (χ1v) is 7.06. The summed E-state index contributed by atoms with van der Waals surface area (Å²) in [6.45, 7) is 10.0. The molecule has 0 unspecified atom stereocenters. The second kappa shape index (κ2) is 5.62. The van der Waals surface area contributed by atoms with E-state index in [9.17, 15) is 4.79 Å². The highest BCUT2D eigenvalue weighted by Gasteiger charge is 2.12. The van der Waals surface area contributed by atoms with Crippen LogP contribution in [-0.4, -0.2) is 5.78 Å². The minimum atomic E-state index is 0.149. The van der Waals surface area contributed by atoms with Crippen molar-refractivity contribution >= 4 is 5.78 Å². The standard InChI is InChI=1S/C19H22O/c1-12-6-8-17(9-7-12)10-18-11-19(16(5)20)15(4)13(2)14(18)3/h6-9,11H,10H2,1-5H3. The highest BCUT2D eigenvalue weighted by molar-refractivity contribution is 5.96. The Hall–Kier alpha value is -1.89. The first kappa shape index (κ1) is 14.5. The number of rotatable bonds is 3. The van der Waals surface area contributed by atoms with Crippen molar-refractivity contribution in [3.05, 3.63) is 69.3 Å². The zero-order valence-corrected chi connectivity index (χ0v) is 13.0. The van der Waals surface area contributed by atoms with Crippen LogP contribution in [0.1, 0.15) is 50.7 Å². The number of carbonyl (C=O) groups excluding carboxylic acids is 1. The monoisotopic (exact) mass is 266 g/mol. The molecule has 0 atom stereocenters. The fourth-order valence-electron chi connectivity index (χ4n) is 2.59. The van der Waals surface area contributed by atoms with Gasteiger partial charge in [-0.2, -0.15) is 0 Å². The predicted octanol–water partition coefficient (Wildman–Crippen LogP) is 4.71. The second-order valence-electron chi connectivity index (χ2n) is 5.68. The van der Waals surface area contributed by atoms with Gasteiger partial charge in [-0.05, 0) is 74.9 Å². The number of hydrogen-bond acceptors (Lipinski definition) is 1. The Morgan fingerprint density at radius 3 is 2.05 bits per heavy atom. The van der Waals surface area contributed by atoms with E-state index in [1.54, 1.807) is 6.92 Å².